The van der Waals surface area contributed by atoms with Crippen molar-refractivity contribution >= 4 is 5.91 Å². The van der Waals surface area contributed by atoms with Crippen LogP contribution in [0.15, 0.2) is 0 Å². The monoisotopic (exact) mass is 202 g/mol. The van der Waals surface area contributed by atoms with Gasteiger partial charge in [0.15, 0.2) is 0 Å². The number of aliphatic hydroxyl groups excluding tert-OH is 1. The molecule has 0 rings (SSSR count). The summed E-state index contributed by atoms with van der Waals surface area (Å²) in [4.78, 5) is 13.1. The summed E-state index contributed by atoms with van der Waals surface area (Å²) in [6, 6.07) is 0. The van der Waals surface area contributed by atoms with Gasteiger partial charge in [-0.2, -0.15) is 0 Å². The Labute approximate surface area is 86.3 Å². The molecule has 4 heteroatoms. The lowest BCUT2D eigenvalue weighted by Gasteiger charge is -2.20. The zero-order valence-electron chi connectivity index (χ0n) is 9.25. The van der Waals surface area contributed by atoms with Crippen LogP contribution in [0.3, 0.4) is 0 Å². The van der Waals surface area contributed by atoms with Gasteiger partial charge in [-0.05, 0) is 13.0 Å². The van der Waals surface area contributed by atoms with Crippen LogP contribution in [0.5, 0.6) is 0 Å². The predicted octanol–water partition coefficient (Wildman–Crippen LogP) is 0.217. The number of nitrogens with one attached hydrogen (secondary N) is 1. The summed E-state index contributed by atoms with van der Waals surface area (Å²) >= 11 is 0. The molecule has 0 unspecified atom stereocenters. The van der Waals surface area contributed by atoms with E-state index in [1.54, 1.807) is 7.05 Å². The number of amides is 1. The first-order valence-electron chi connectivity index (χ1n) is 5.28. The minimum atomic E-state index is 0.0597. The van der Waals surface area contributed by atoms with E-state index in [0.29, 0.717) is 13.0 Å². The number of carbonyl (C=O) groups excluding carboxylic acids is 1. The molecule has 0 aromatic heterocycles. The third-order valence-electron chi connectivity index (χ3n) is 2.18. The maximum Gasteiger partial charge on any atom is 0.221 e. The molecule has 0 aliphatic carbocycles. The maximum absolute atomic E-state index is 11.0. The van der Waals surface area contributed by atoms with Gasteiger partial charge < -0.3 is 15.3 Å². The summed E-state index contributed by atoms with van der Waals surface area (Å²) in [5.74, 6) is 0.0597. The van der Waals surface area contributed by atoms with E-state index in [9.17, 15) is 4.79 Å². The Balaban J connectivity index is 3.66. The Morgan fingerprint density at radius 1 is 1.36 bits per heavy atom. The van der Waals surface area contributed by atoms with Crippen molar-refractivity contribution in [1.29, 1.82) is 0 Å². The van der Waals surface area contributed by atoms with E-state index >= 15 is 0 Å². The predicted molar refractivity (Wildman–Crippen MR) is 57.1 cm³/mol. The van der Waals surface area contributed by atoms with Crippen LogP contribution < -0.4 is 5.32 Å². The topological polar surface area (TPSA) is 52.6 Å². The fraction of sp³-hybridized carbons (Fsp3) is 0.900. The standard InChI is InChI=1S/C10H22N2O2/c1-3-4-6-12(8-9-13)7-5-10(14)11-2/h13H,3-9H2,1-2H3,(H,11,14). The van der Waals surface area contributed by atoms with Gasteiger partial charge in [0.25, 0.3) is 0 Å². The van der Waals surface area contributed by atoms with Gasteiger partial charge in [-0.15, -0.1) is 0 Å². The van der Waals surface area contributed by atoms with Crippen LogP contribution in [0.4, 0.5) is 0 Å². The highest BCUT2D eigenvalue weighted by Crippen LogP contribution is 1.96. The van der Waals surface area contributed by atoms with Crippen molar-refractivity contribution in [2.45, 2.75) is 26.2 Å². The molecule has 0 aromatic carbocycles. The molecule has 0 atom stereocenters. The largest absolute Gasteiger partial charge is 0.395 e. The summed E-state index contributed by atoms with van der Waals surface area (Å²) in [5.41, 5.74) is 0. The number of carbonyl (C=O) groups is 1. The van der Waals surface area contributed by atoms with Gasteiger partial charge in [-0.3, -0.25) is 4.79 Å². The summed E-state index contributed by atoms with van der Waals surface area (Å²) in [6.45, 7) is 4.67. The molecule has 0 saturated carbocycles. The SMILES string of the molecule is CCCCN(CCO)CCC(=O)NC. The highest BCUT2D eigenvalue weighted by Gasteiger charge is 2.05. The van der Waals surface area contributed by atoms with E-state index in [1.165, 1.54) is 0 Å². The second kappa shape index (κ2) is 8.97. The molecule has 0 radical (unpaired) electrons. The molecule has 0 aliphatic heterocycles. The Hall–Kier alpha value is -0.610. The van der Waals surface area contributed by atoms with Gasteiger partial charge in [0.2, 0.25) is 5.91 Å². The average molecular weight is 202 g/mol. The van der Waals surface area contributed by atoms with Crippen LogP contribution in [-0.2, 0) is 4.79 Å². The van der Waals surface area contributed by atoms with E-state index < -0.39 is 0 Å². The summed E-state index contributed by atoms with van der Waals surface area (Å²) in [5, 5.41) is 11.4. The van der Waals surface area contributed by atoms with E-state index in [0.717, 1.165) is 25.9 Å². The first kappa shape index (κ1) is 13.4. The molecule has 84 valence electrons. The molecule has 0 aliphatic rings. The molecule has 14 heavy (non-hydrogen) atoms. The molecule has 4 nitrogen and oxygen atoms in total. The van der Waals surface area contributed by atoms with Crippen LogP contribution >= 0.6 is 0 Å². The Bertz CT molecular complexity index is 151. The van der Waals surface area contributed by atoms with Crippen LogP contribution in [0.1, 0.15) is 26.2 Å². The van der Waals surface area contributed by atoms with Gasteiger partial charge in [-0.25, -0.2) is 0 Å². The van der Waals surface area contributed by atoms with E-state index in [2.05, 4.69) is 17.1 Å². The second-order valence-electron chi connectivity index (χ2n) is 3.34. The molecule has 0 fully saturated rings. The maximum atomic E-state index is 11.0. The number of nitrogens with zero attached hydrogens (tertiary/aromatic N) is 1. The van der Waals surface area contributed by atoms with Crippen molar-refractivity contribution in [3.63, 3.8) is 0 Å². The van der Waals surface area contributed by atoms with Gasteiger partial charge in [-0.1, -0.05) is 13.3 Å². The van der Waals surface area contributed by atoms with E-state index in [1.807, 2.05) is 0 Å². The van der Waals surface area contributed by atoms with E-state index in [4.69, 9.17) is 5.11 Å². The third kappa shape index (κ3) is 6.86. The van der Waals surface area contributed by atoms with Crippen LogP contribution in [0.25, 0.3) is 0 Å². The first-order valence-corrected chi connectivity index (χ1v) is 5.28. The molecule has 0 saturated heterocycles. The third-order valence-corrected chi connectivity index (χ3v) is 2.18. The molecule has 0 aromatic rings. The Morgan fingerprint density at radius 2 is 2.07 bits per heavy atom. The fourth-order valence-electron chi connectivity index (χ4n) is 1.24. The Morgan fingerprint density at radius 3 is 2.57 bits per heavy atom. The lowest BCUT2D eigenvalue weighted by Crippen LogP contribution is -2.32. The number of rotatable bonds is 8. The van der Waals surface area contributed by atoms with Crippen molar-refractivity contribution in [2.24, 2.45) is 0 Å². The lowest BCUT2D eigenvalue weighted by atomic mass is 10.3. The van der Waals surface area contributed by atoms with Crippen molar-refractivity contribution < 1.29 is 9.90 Å². The van der Waals surface area contributed by atoms with Gasteiger partial charge in [0, 0.05) is 26.6 Å². The molecule has 0 bridgehead atoms. The van der Waals surface area contributed by atoms with Gasteiger partial charge >= 0.3 is 0 Å². The molecule has 0 heterocycles. The highest BCUT2D eigenvalue weighted by atomic mass is 16.3. The minimum absolute atomic E-state index is 0.0597. The van der Waals surface area contributed by atoms with Crippen molar-refractivity contribution in [1.82, 2.24) is 10.2 Å². The number of hydrogen-bond donors (Lipinski definition) is 2. The number of hydrogen-bond acceptors (Lipinski definition) is 3. The van der Waals surface area contributed by atoms with Crippen LogP contribution in [0.2, 0.25) is 0 Å². The van der Waals surface area contributed by atoms with Crippen LogP contribution in [-0.4, -0.2) is 49.2 Å². The minimum Gasteiger partial charge on any atom is -0.395 e. The van der Waals surface area contributed by atoms with E-state index in [-0.39, 0.29) is 12.5 Å². The zero-order valence-corrected chi connectivity index (χ0v) is 9.25. The average Bonchev–Trinajstić information content (AvgIpc) is 2.21. The summed E-state index contributed by atoms with van der Waals surface area (Å²) < 4.78 is 0. The molecule has 0 spiro atoms. The highest BCUT2D eigenvalue weighted by molar-refractivity contribution is 5.75. The lowest BCUT2D eigenvalue weighted by molar-refractivity contribution is -0.120. The van der Waals surface area contributed by atoms with Gasteiger partial charge in [0.1, 0.15) is 0 Å². The molecule has 1 amide bonds. The first-order chi connectivity index (χ1) is 6.74. The van der Waals surface area contributed by atoms with Crippen LogP contribution in [0, 0.1) is 0 Å². The number of unbranched alkanes of at least 4 members (excludes halogenated alkanes) is 1. The summed E-state index contributed by atoms with van der Waals surface area (Å²) in [7, 11) is 1.64. The zero-order chi connectivity index (χ0) is 10.8. The normalized spacial score (nSPS) is 10.6. The number of aliphatic hydroxyl groups is 1. The quantitative estimate of drug-likeness (QED) is 0.592. The van der Waals surface area contributed by atoms with Gasteiger partial charge in [0.05, 0.1) is 6.61 Å². The molecular weight excluding hydrogens is 180 g/mol. The smallest absolute Gasteiger partial charge is 0.221 e. The Kier molecular flexibility index (Phi) is 8.57. The molecule has 2 N–H and O–H groups in total. The second-order valence-corrected chi connectivity index (χ2v) is 3.34. The van der Waals surface area contributed by atoms with Crippen molar-refractivity contribution in [3.8, 4) is 0 Å². The molecular formula is C10H22N2O2. The summed E-state index contributed by atoms with van der Waals surface area (Å²) in [6.07, 6.45) is 2.77. The fourth-order valence-corrected chi connectivity index (χ4v) is 1.24. The van der Waals surface area contributed by atoms with Crippen molar-refractivity contribution in [3.05, 3.63) is 0 Å². The van der Waals surface area contributed by atoms with Crippen molar-refractivity contribution in [2.75, 3.05) is 33.3 Å².